The van der Waals surface area contributed by atoms with E-state index in [1.54, 1.807) is 25.1 Å². The molecular weight excluding hydrogens is 493 g/mol. The zero-order valence-electron chi connectivity index (χ0n) is 20.0. The first kappa shape index (κ1) is 27.0. The van der Waals surface area contributed by atoms with Crippen LogP contribution in [0.5, 0.6) is 0 Å². The number of nitrogens with zero attached hydrogens (tertiary/aromatic N) is 1. The van der Waals surface area contributed by atoms with E-state index in [9.17, 15) is 13.2 Å². The third kappa shape index (κ3) is 6.52. The fourth-order valence-corrected chi connectivity index (χ4v) is 6.01. The molecule has 1 saturated heterocycles. The van der Waals surface area contributed by atoms with Gasteiger partial charge in [-0.1, -0.05) is 37.0 Å². The molecule has 1 aliphatic heterocycles. The number of likely N-dealkylation sites (tertiary alicyclic amines) is 1. The number of piperidine rings is 1. The molecule has 34 heavy (non-hydrogen) atoms. The van der Waals surface area contributed by atoms with Crippen molar-refractivity contribution >= 4 is 38.9 Å². The molecular formula is C25H33Cl2N3O3S. The normalized spacial score (nSPS) is 17.0. The molecule has 9 heteroatoms. The number of carbonyl (C=O) groups excluding carboxylic acids is 1. The van der Waals surface area contributed by atoms with Gasteiger partial charge in [-0.2, -0.15) is 0 Å². The molecule has 0 radical (unpaired) electrons. The maximum atomic E-state index is 13.0. The summed E-state index contributed by atoms with van der Waals surface area (Å²) in [6.45, 7) is 6.45. The number of hydrogen-bond acceptors (Lipinski definition) is 5. The zero-order chi connectivity index (χ0) is 24.9. The second-order valence-corrected chi connectivity index (χ2v) is 11.7. The highest BCUT2D eigenvalue weighted by molar-refractivity contribution is 7.91. The van der Waals surface area contributed by atoms with Crippen molar-refractivity contribution in [2.24, 2.45) is 0 Å². The van der Waals surface area contributed by atoms with Crippen LogP contribution < -0.4 is 10.6 Å². The molecule has 0 aromatic heterocycles. The molecule has 6 nitrogen and oxygen atoms in total. The minimum atomic E-state index is -3.44. The second-order valence-electron chi connectivity index (χ2n) is 8.65. The molecule has 2 aromatic carbocycles. The highest BCUT2D eigenvalue weighted by Crippen LogP contribution is 2.27. The number of halogens is 2. The SMILES string of the molecule is CCc1cc(C(=O)NCc2cc(Cl)ccc2S(=O)(=O)CC)cc(Cl)c1CN1CCC[C@H](NC)C1. The summed E-state index contributed by atoms with van der Waals surface area (Å²) in [6.07, 6.45) is 3.07. The molecule has 0 bridgehead atoms. The number of aryl methyl sites for hydroxylation is 1. The Morgan fingerprint density at radius 1 is 1.15 bits per heavy atom. The van der Waals surface area contributed by atoms with E-state index in [2.05, 4.69) is 22.5 Å². The van der Waals surface area contributed by atoms with E-state index in [0.717, 1.165) is 43.6 Å². The van der Waals surface area contributed by atoms with E-state index in [4.69, 9.17) is 23.2 Å². The van der Waals surface area contributed by atoms with Crippen LogP contribution in [0.25, 0.3) is 0 Å². The summed E-state index contributed by atoms with van der Waals surface area (Å²) >= 11 is 12.8. The molecule has 2 aromatic rings. The van der Waals surface area contributed by atoms with Crippen LogP contribution >= 0.6 is 23.2 Å². The summed E-state index contributed by atoms with van der Waals surface area (Å²) in [5.74, 6) is -0.338. The monoisotopic (exact) mass is 525 g/mol. The standard InChI is InChI=1S/C25H33Cl2N3O3S/c1-4-17-11-18(13-23(27)22(17)16-30-10-6-7-21(15-30)28-3)25(31)29-14-19-12-20(26)8-9-24(19)34(32,33)5-2/h8-9,11-13,21,28H,4-7,10,14-16H2,1-3H3,(H,29,31)/t21-/m0/s1. The Labute approximate surface area is 212 Å². The smallest absolute Gasteiger partial charge is 0.251 e. The number of rotatable bonds is 9. The van der Waals surface area contributed by atoms with Gasteiger partial charge in [-0.05, 0) is 79.9 Å². The van der Waals surface area contributed by atoms with Crippen molar-refractivity contribution in [1.82, 2.24) is 15.5 Å². The third-order valence-corrected chi connectivity index (χ3v) is 8.80. The maximum absolute atomic E-state index is 13.0. The Bertz CT molecular complexity index is 1140. The highest BCUT2D eigenvalue weighted by atomic mass is 35.5. The Balaban J connectivity index is 1.78. The van der Waals surface area contributed by atoms with Gasteiger partial charge in [-0.25, -0.2) is 8.42 Å². The van der Waals surface area contributed by atoms with Gasteiger partial charge in [0, 0.05) is 41.3 Å². The van der Waals surface area contributed by atoms with Crippen molar-refractivity contribution < 1.29 is 13.2 Å². The minimum Gasteiger partial charge on any atom is -0.348 e. The number of sulfone groups is 1. The van der Waals surface area contributed by atoms with Crippen LogP contribution in [0.15, 0.2) is 35.2 Å². The van der Waals surface area contributed by atoms with Crippen molar-refractivity contribution in [3.63, 3.8) is 0 Å². The number of hydrogen-bond donors (Lipinski definition) is 2. The van der Waals surface area contributed by atoms with E-state index in [1.807, 2.05) is 13.1 Å². The van der Waals surface area contributed by atoms with Gasteiger partial charge in [0.05, 0.1) is 10.6 Å². The predicted molar refractivity (Wildman–Crippen MR) is 139 cm³/mol. The fourth-order valence-electron chi connectivity index (χ4n) is 4.40. The second kappa shape index (κ2) is 11.9. The first-order valence-electron chi connectivity index (χ1n) is 11.7. The summed E-state index contributed by atoms with van der Waals surface area (Å²) in [6, 6.07) is 8.68. The van der Waals surface area contributed by atoms with Crippen molar-refractivity contribution in [3.05, 3.63) is 62.6 Å². The average Bonchev–Trinajstić information content (AvgIpc) is 2.83. The number of nitrogens with one attached hydrogen (secondary N) is 2. The Morgan fingerprint density at radius 3 is 2.59 bits per heavy atom. The van der Waals surface area contributed by atoms with Crippen LogP contribution in [0.2, 0.25) is 10.0 Å². The predicted octanol–water partition coefficient (Wildman–Crippen LogP) is 4.46. The topological polar surface area (TPSA) is 78.5 Å². The van der Waals surface area contributed by atoms with Crippen molar-refractivity contribution in [2.45, 2.75) is 57.1 Å². The summed E-state index contributed by atoms with van der Waals surface area (Å²) in [4.78, 5) is 15.6. The van der Waals surface area contributed by atoms with E-state index < -0.39 is 9.84 Å². The average molecular weight is 527 g/mol. The van der Waals surface area contributed by atoms with Gasteiger partial charge in [-0.3, -0.25) is 9.69 Å². The lowest BCUT2D eigenvalue weighted by Crippen LogP contribution is -2.44. The van der Waals surface area contributed by atoms with Crippen LogP contribution in [0.3, 0.4) is 0 Å². The molecule has 186 valence electrons. The minimum absolute atomic E-state index is 0.0292. The lowest BCUT2D eigenvalue weighted by Gasteiger charge is -2.33. The van der Waals surface area contributed by atoms with Crippen molar-refractivity contribution in [3.8, 4) is 0 Å². The Morgan fingerprint density at radius 2 is 1.91 bits per heavy atom. The molecule has 0 unspecified atom stereocenters. The highest BCUT2D eigenvalue weighted by Gasteiger charge is 2.22. The summed E-state index contributed by atoms with van der Waals surface area (Å²) in [5, 5.41) is 7.19. The molecule has 1 heterocycles. The van der Waals surface area contributed by atoms with Gasteiger partial charge in [0.2, 0.25) is 0 Å². The molecule has 1 amide bonds. The quantitative estimate of drug-likeness (QED) is 0.505. The van der Waals surface area contributed by atoms with E-state index in [-0.39, 0.29) is 23.1 Å². The molecule has 2 N–H and O–H groups in total. The van der Waals surface area contributed by atoms with Crippen molar-refractivity contribution in [1.29, 1.82) is 0 Å². The van der Waals surface area contributed by atoms with Crippen LogP contribution in [0.1, 0.15) is 53.7 Å². The lowest BCUT2D eigenvalue weighted by molar-refractivity contribution is 0.0950. The van der Waals surface area contributed by atoms with Crippen molar-refractivity contribution in [2.75, 3.05) is 25.9 Å². The van der Waals surface area contributed by atoms with Gasteiger partial charge in [0.1, 0.15) is 0 Å². The van der Waals surface area contributed by atoms with Gasteiger partial charge in [0.15, 0.2) is 9.84 Å². The first-order valence-corrected chi connectivity index (χ1v) is 14.1. The Hall–Kier alpha value is -1.64. The number of amides is 1. The molecule has 0 saturated carbocycles. The zero-order valence-corrected chi connectivity index (χ0v) is 22.3. The number of likely N-dealkylation sites (N-methyl/N-ethyl adjacent to an activating group) is 1. The number of carbonyl (C=O) groups is 1. The van der Waals surface area contributed by atoms with E-state index >= 15 is 0 Å². The summed E-state index contributed by atoms with van der Waals surface area (Å²) < 4.78 is 24.9. The van der Waals surface area contributed by atoms with E-state index in [1.165, 1.54) is 12.5 Å². The van der Waals surface area contributed by atoms with Crippen LogP contribution in [0.4, 0.5) is 0 Å². The van der Waals surface area contributed by atoms with Gasteiger partial charge < -0.3 is 10.6 Å². The molecule has 3 rings (SSSR count). The van der Waals surface area contributed by atoms with Crippen LogP contribution in [0, 0.1) is 0 Å². The van der Waals surface area contributed by atoms with Gasteiger partial charge in [-0.15, -0.1) is 0 Å². The van der Waals surface area contributed by atoms with Crippen LogP contribution in [-0.2, 0) is 29.3 Å². The largest absolute Gasteiger partial charge is 0.348 e. The lowest BCUT2D eigenvalue weighted by atomic mass is 9.99. The fraction of sp³-hybridized carbons (Fsp3) is 0.480. The molecule has 1 atom stereocenters. The molecule has 0 spiro atoms. The summed E-state index contributed by atoms with van der Waals surface area (Å²) in [7, 11) is -1.45. The maximum Gasteiger partial charge on any atom is 0.251 e. The van der Waals surface area contributed by atoms with Crippen LogP contribution in [-0.4, -0.2) is 51.2 Å². The molecule has 1 fully saturated rings. The van der Waals surface area contributed by atoms with Gasteiger partial charge >= 0.3 is 0 Å². The molecule has 0 aliphatic carbocycles. The number of benzene rings is 2. The third-order valence-electron chi connectivity index (χ3n) is 6.40. The van der Waals surface area contributed by atoms with E-state index in [0.29, 0.717) is 27.2 Å². The molecule has 1 aliphatic rings. The van der Waals surface area contributed by atoms with Gasteiger partial charge in [0.25, 0.3) is 5.91 Å². The summed E-state index contributed by atoms with van der Waals surface area (Å²) in [5.41, 5.74) is 3.02. The Kier molecular flexibility index (Phi) is 9.41. The first-order chi connectivity index (χ1) is 16.2.